The fourth-order valence-electron chi connectivity index (χ4n) is 3.83. The highest BCUT2D eigenvalue weighted by atomic mass is 127. The molecule has 0 radical (unpaired) electrons. The van der Waals surface area contributed by atoms with Crippen LogP contribution in [-0.4, -0.2) is 70.5 Å². The Balaban J connectivity index is 0.00000280. The number of hydrogen-bond acceptors (Lipinski definition) is 4. The summed E-state index contributed by atoms with van der Waals surface area (Å²) >= 11 is 0. The van der Waals surface area contributed by atoms with E-state index in [4.69, 9.17) is 9.47 Å². The fourth-order valence-corrected chi connectivity index (χ4v) is 3.83. The lowest BCUT2D eigenvalue weighted by Crippen LogP contribution is -2.49. The molecule has 3 rings (SSSR count). The highest BCUT2D eigenvalue weighted by Crippen LogP contribution is 2.33. The van der Waals surface area contributed by atoms with Gasteiger partial charge in [-0.15, -0.1) is 24.0 Å². The third kappa shape index (κ3) is 6.86. The van der Waals surface area contributed by atoms with Gasteiger partial charge in [0.25, 0.3) is 0 Å². The SMILES string of the molecule is CN=C(NCC1CN(C)CCO1)NCC1CCCOC1c1ccc(C)cc1.I. The van der Waals surface area contributed by atoms with E-state index in [0.717, 1.165) is 51.8 Å². The molecule has 2 N–H and O–H groups in total. The molecule has 0 aromatic heterocycles. The lowest BCUT2D eigenvalue weighted by molar-refractivity contribution is -0.0267. The lowest BCUT2D eigenvalue weighted by Gasteiger charge is -2.33. The molecule has 0 amide bonds. The molecule has 1 aromatic carbocycles. The molecule has 3 atom stereocenters. The normalized spacial score (nSPS) is 26.4. The van der Waals surface area contributed by atoms with Crippen molar-refractivity contribution in [2.24, 2.45) is 10.9 Å². The zero-order valence-corrected chi connectivity index (χ0v) is 19.6. The van der Waals surface area contributed by atoms with Crippen molar-refractivity contribution in [1.82, 2.24) is 15.5 Å². The summed E-state index contributed by atoms with van der Waals surface area (Å²) in [5, 5.41) is 6.90. The largest absolute Gasteiger partial charge is 0.374 e. The molecule has 1 aromatic rings. The van der Waals surface area contributed by atoms with Crippen LogP contribution in [0.2, 0.25) is 0 Å². The molecule has 28 heavy (non-hydrogen) atoms. The monoisotopic (exact) mass is 502 g/mol. The van der Waals surface area contributed by atoms with Gasteiger partial charge in [0.15, 0.2) is 5.96 Å². The summed E-state index contributed by atoms with van der Waals surface area (Å²) in [6, 6.07) is 8.73. The quantitative estimate of drug-likeness (QED) is 0.369. The van der Waals surface area contributed by atoms with Crippen molar-refractivity contribution >= 4 is 29.9 Å². The maximum Gasteiger partial charge on any atom is 0.191 e. The number of benzene rings is 1. The molecule has 7 heteroatoms. The second kappa shape index (κ2) is 11.9. The molecular formula is C21H35IN4O2. The second-order valence-corrected chi connectivity index (χ2v) is 7.69. The number of morpholine rings is 1. The van der Waals surface area contributed by atoms with Crippen LogP contribution in [0.4, 0.5) is 0 Å². The minimum absolute atomic E-state index is 0. The van der Waals surface area contributed by atoms with Gasteiger partial charge in [0.1, 0.15) is 0 Å². The Bertz CT molecular complexity index is 611. The Labute approximate surface area is 186 Å². The summed E-state index contributed by atoms with van der Waals surface area (Å²) in [5.41, 5.74) is 2.55. The van der Waals surface area contributed by atoms with Gasteiger partial charge in [-0.1, -0.05) is 29.8 Å². The van der Waals surface area contributed by atoms with E-state index in [1.807, 2.05) is 7.05 Å². The van der Waals surface area contributed by atoms with Crippen LogP contribution >= 0.6 is 24.0 Å². The van der Waals surface area contributed by atoms with Crippen molar-refractivity contribution < 1.29 is 9.47 Å². The maximum absolute atomic E-state index is 6.12. The van der Waals surface area contributed by atoms with E-state index in [2.05, 4.69) is 58.8 Å². The highest BCUT2D eigenvalue weighted by molar-refractivity contribution is 14.0. The Hall–Kier alpha value is -0.900. The molecule has 2 fully saturated rings. The molecule has 158 valence electrons. The highest BCUT2D eigenvalue weighted by Gasteiger charge is 2.27. The van der Waals surface area contributed by atoms with Crippen LogP contribution in [-0.2, 0) is 9.47 Å². The van der Waals surface area contributed by atoms with E-state index < -0.39 is 0 Å². The van der Waals surface area contributed by atoms with Crippen LogP contribution in [0.25, 0.3) is 0 Å². The number of halogens is 1. The van der Waals surface area contributed by atoms with E-state index >= 15 is 0 Å². The first-order valence-corrected chi connectivity index (χ1v) is 10.1. The predicted octanol–water partition coefficient (Wildman–Crippen LogP) is 2.58. The molecule has 6 nitrogen and oxygen atoms in total. The minimum atomic E-state index is 0. The molecule has 2 heterocycles. The van der Waals surface area contributed by atoms with Gasteiger partial charge >= 0.3 is 0 Å². The molecule has 0 spiro atoms. The summed E-state index contributed by atoms with van der Waals surface area (Å²) in [6.07, 6.45) is 2.64. The predicted molar refractivity (Wildman–Crippen MR) is 125 cm³/mol. The number of aliphatic imine (C=N–C) groups is 1. The summed E-state index contributed by atoms with van der Waals surface area (Å²) in [4.78, 5) is 6.67. The lowest BCUT2D eigenvalue weighted by atomic mass is 9.89. The topological polar surface area (TPSA) is 58.1 Å². The van der Waals surface area contributed by atoms with Crippen molar-refractivity contribution in [1.29, 1.82) is 0 Å². The van der Waals surface area contributed by atoms with Crippen molar-refractivity contribution in [3.8, 4) is 0 Å². The van der Waals surface area contributed by atoms with Crippen LogP contribution in [0.5, 0.6) is 0 Å². The molecule has 2 aliphatic heterocycles. The average Bonchev–Trinajstić information content (AvgIpc) is 2.69. The third-order valence-electron chi connectivity index (χ3n) is 5.45. The van der Waals surface area contributed by atoms with Crippen LogP contribution in [0.1, 0.15) is 30.1 Å². The van der Waals surface area contributed by atoms with Gasteiger partial charge in [-0.2, -0.15) is 0 Å². The molecule has 3 unspecified atom stereocenters. The molecule has 2 saturated heterocycles. The molecule has 0 bridgehead atoms. The summed E-state index contributed by atoms with van der Waals surface area (Å²) in [5.74, 6) is 1.28. The average molecular weight is 502 g/mol. The Morgan fingerprint density at radius 3 is 2.61 bits per heavy atom. The van der Waals surface area contributed by atoms with Gasteiger partial charge in [-0.25, -0.2) is 0 Å². The first-order valence-electron chi connectivity index (χ1n) is 10.1. The number of nitrogens with one attached hydrogen (secondary N) is 2. The maximum atomic E-state index is 6.12. The number of likely N-dealkylation sites (N-methyl/N-ethyl adjacent to an activating group) is 1. The van der Waals surface area contributed by atoms with Crippen LogP contribution in [0, 0.1) is 12.8 Å². The summed E-state index contributed by atoms with van der Waals surface area (Å²) in [7, 11) is 3.95. The van der Waals surface area contributed by atoms with Crippen molar-refractivity contribution in [2.75, 3.05) is 53.5 Å². The van der Waals surface area contributed by atoms with Crippen LogP contribution < -0.4 is 10.6 Å². The third-order valence-corrected chi connectivity index (χ3v) is 5.45. The van der Waals surface area contributed by atoms with Gasteiger partial charge < -0.3 is 25.0 Å². The van der Waals surface area contributed by atoms with Gasteiger partial charge in [-0.05, 0) is 32.4 Å². The van der Waals surface area contributed by atoms with Crippen molar-refractivity contribution in [2.45, 2.75) is 32.0 Å². The van der Waals surface area contributed by atoms with Gasteiger partial charge in [-0.3, -0.25) is 4.99 Å². The Morgan fingerprint density at radius 2 is 1.89 bits per heavy atom. The Kier molecular flexibility index (Phi) is 9.98. The van der Waals surface area contributed by atoms with E-state index in [9.17, 15) is 0 Å². The van der Waals surface area contributed by atoms with E-state index in [0.29, 0.717) is 5.92 Å². The molecule has 2 aliphatic rings. The standard InChI is InChI=1S/C21H34N4O2.HI/c1-16-6-8-17(9-7-16)20-18(5-4-11-27-20)13-23-21(22-2)24-14-19-15-25(3)10-12-26-19;/h6-9,18-20H,4-5,10-15H2,1-3H3,(H2,22,23,24);1H. The molecule has 0 saturated carbocycles. The van der Waals surface area contributed by atoms with Crippen LogP contribution in [0.3, 0.4) is 0 Å². The van der Waals surface area contributed by atoms with Crippen molar-refractivity contribution in [3.63, 3.8) is 0 Å². The van der Waals surface area contributed by atoms with Gasteiger partial charge in [0.2, 0.25) is 0 Å². The van der Waals surface area contributed by atoms with Gasteiger partial charge in [0.05, 0.1) is 18.8 Å². The summed E-state index contributed by atoms with van der Waals surface area (Å²) in [6.45, 7) is 7.34. The zero-order chi connectivity index (χ0) is 19.1. The number of hydrogen-bond donors (Lipinski definition) is 2. The van der Waals surface area contributed by atoms with E-state index in [-0.39, 0.29) is 36.2 Å². The molecular weight excluding hydrogens is 467 g/mol. The first kappa shape index (κ1) is 23.4. The number of nitrogens with zero attached hydrogens (tertiary/aromatic N) is 2. The van der Waals surface area contributed by atoms with E-state index in [1.54, 1.807) is 0 Å². The fraction of sp³-hybridized carbons (Fsp3) is 0.667. The van der Waals surface area contributed by atoms with Gasteiger partial charge in [0, 0.05) is 45.8 Å². The minimum Gasteiger partial charge on any atom is -0.374 e. The number of rotatable bonds is 5. The smallest absolute Gasteiger partial charge is 0.191 e. The van der Waals surface area contributed by atoms with Crippen molar-refractivity contribution in [3.05, 3.63) is 35.4 Å². The summed E-state index contributed by atoms with van der Waals surface area (Å²) < 4.78 is 11.9. The zero-order valence-electron chi connectivity index (χ0n) is 17.3. The van der Waals surface area contributed by atoms with E-state index in [1.165, 1.54) is 17.5 Å². The molecule has 0 aliphatic carbocycles. The first-order chi connectivity index (χ1) is 13.2. The van der Waals surface area contributed by atoms with Crippen LogP contribution in [0.15, 0.2) is 29.3 Å². The number of guanidine groups is 1. The Morgan fingerprint density at radius 1 is 1.14 bits per heavy atom. The second-order valence-electron chi connectivity index (χ2n) is 7.69. The number of ether oxygens (including phenoxy) is 2. The number of aryl methyl sites for hydroxylation is 1.